The van der Waals surface area contributed by atoms with Crippen molar-refractivity contribution < 1.29 is 24.3 Å². The Morgan fingerprint density at radius 3 is 2.54 bits per heavy atom. The van der Waals surface area contributed by atoms with Gasteiger partial charge < -0.3 is 14.6 Å². The average Bonchev–Trinajstić information content (AvgIpc) is 3.14. The first-order valence-corrected chi connectivity index (χ1v) is 8.16. The fraction of sp³-hybridized carbons (Fsp3) is 0.0526. The monoisotopic (exact) mass is 379 g/mol. The van der Waals surface area contributed by atoms with E-state index in [2.05, 4.69) is 10.5 Å². The molecule has 28 heavy (non-hydrogen) atoms. The second kappa shape index (κ2) is 6.88. The molecule has 9 nitrogen and oxygen atoms in total. The maximum atomic E-state index is 12.3. The fourth-order valence-corrected chi connectivity index (χ4v) is 2.84. The number of hydrogen-bond acceptors (Lipinski definition) is 7. The first-order valence-electron chi connectivity index (χ1n) is 8.16. The first kappa shape index (κ1) is 17.3. The lowest BCUT2D eigenvalue weighted by Crippen LogP contribution is -2.17. The van der Waals surface area contributed by atoms with Gasteiger partial charge in [0.1, 0.15) is 5.75 Å². The van der Waals surface area contributed by atoms with Crippen LogP contribution in [0.5, 0.6) is 17.2 Å². The van der Waals surface area contributed by atoms with E-state index in [4.69, 9.17) is 9.47 Å². The van der Waals surface area contributed by atoms with Crippen molar-refractivity contribution >= 4 is 28.6 Å². The van der Waals surface area contributed by atoms with Crippen LogP contribution in [0.2, 0.25) is 0 Å². The van der Waals surface area contributed by atoms with Crippen LogP contribution >= 0.6 is 0 Å². The topological polar surface area (TPSA) is 123 Å². The van der Waals surface area contributed by atoms with E-state index in [0.29, 0.717) is 5.75 Å². The van der Waals surface area contributed by atoms with Crippen molar-refractivity contribution in [3.63, 3.8) is 0 Å². The van der Waals surface area contributed by atoms with Crippen molar-refractivity contribution in [1.29, 1.82) is 0 Å². The highest BCUT2D eigenvalue weighted by Gasteiger charge is 2.22. The number of phenolic OH excluding ortho intramolecular Hbond substituents is 1. The van der Waals surface area contributed by atoms with E-state index in [0.717, 1.165) is 17.0 Å². The molecule has 1 amide bonds. The van der Waals surface area contributed by atoms with E-state index >= 15 is 0 Å². The molecule has 3 aromatic carbocycles. The molecule has 1 aliphatic heterocycles. The molecule has 4 rings (SSSR count). The minimum atomic E-state index is -0.650. The lowest BCUT2D eigenvalue weighted by molar-refractivity contribution is -0.385. The van der Waals surface area contributed by atoms with Crippen molar-refractivity contribution in [2.45, 2.75) is 0 Å². The van der Waals surface area contributed by atoms with Gasteiger partial charge in [-0.3, -0.25) is 14.9 Å². The smallest absolute Gasteiger partial charge is 0.282 e. The minimum Gasteiger partial charge on any atom is -0.507 e. The molecule has 0 atom stereocenters. The number of nitrogens with zero attached hydrogens (tertiary/aromatic N) is 2. The molecular weight excluding hydrogens is 366 g/mol. The summed E-state index contributed by atoms with van der Waals surface area (Å²) in [6, 6.07) is 12.9. The number of phenols is 1. The van der Waals surface area contributed by atoms with E-state index in [-0.39, 0.29) is 35.1 Å². The first-order chi connectivity index (χ1) is 13.5. The molecule has 0 aromatic heterocycles. The Morgan fingerprint density at radius 1 is 1.14 bits per heavy atom. The van der Waals surface area contributed by atoms with Gasteiger partial charge in [-0.25, -0.2) is 5.43 Å². The van der Waals surface area contributed by atoms with Crippen LogP contribution < -0.4 is 14.9 Å². The van der Waals surface area contributed by atoms with Crippen LogP contribution in [0.15, 0.2) is 53.6 Å². The van der Waals surface area contributed by atoms with Crippen molar-refractivity contribution in [2.24, 2.45) is 5.10 Å². The Morgan fingerprint density at radius 2 is 1.82 bits per heavy atom. The number of hydrazone groups is 1. The van der Waals surface area contributed by atoms with Crippen LogP contribution in [0.25, 0.3) is 10.8 Å². The lowest BCUT2D eigenvalue weighted by atomic mass is 10.1. The number of hydrogen-bond donors (Lipinski definition) is 2. The molecule has 9 heteroatoms. The number of amides is 1. The predicted octanol–water partition coefficient (Wildman–Crippen LogP) is 2.95. The van der Waals surface area contributed by atoms with Crippen molar-refractivity contribution in [2.75, 3.05) is 6.79 Å². The molecule has 1 heterocycles. The van der Waals surface area contributed by atoms with Crippen LogP contribution in [0.1, 0.15) is 15.9 Å². The molecule has 2 N–H and O–H groups in total. The van der Waals surface area contributed by atoms with Crippen LogP contribution in [0.4, 0.5) is 5.69 Å². The summed E-state index contributed by atoms with van der Waals surface area (Å²) < 4.78 is 10.3. The summed E-state index contributed by atoms with van der Waals surface area (Å²) >= 11 is 0. The fourth-order valence-electron chi connectivity index (χ4n) is 2.84. The van der Waals surface area contributed by atoms with E-state index in [1.807, 2.05) is 24.3 Å². The van der Waals surface area contributed by atoms with Crippen LogP contribution in [-0.4, -0.2) is 28.9 Å². The Labute approximate surface area is 158 Å². The zero-order chi connectivity index (χ0) is 19.7. The number of nitrogens with one attached hydrogen (secondary N) is 1. The Bertz CT molecular complexity index is 1140. The third-order valence-corrected chi connectivity index (χ3v) is 4.20. The number of nitro benzene ring substituents is 1. The zero-order valence-electron chi connectivity index (χ0n) is 14.3. The Balaban J connectivity index is 1.58. The standard InChI is InChI=1S/C19H13N3O6/c23-16-6-12-4-2-1-3-11(12)5-14(16)19(24)21-20-9-13-7-17-18(28-10-27-17)8-15(13)22(25)26/h1-9,23H,10H2,(H,21,24)/b20-9-. The van der Waals surface area contributed by atoms with Gasteiger partial charge in [0.2, 0.25) is 6.79 Å². The van der Waals surface area contributed by atoms with E-state index in [1.54, 1.807) is 6.07 Å². The number of ether oxygens (including phenoxy) is 2. The summed E-state index contributed by atoms with van der Waals surface area (Å²) in [5.41, 5.74) is 2.20. The third-order valence-electron chi connectivity index (χ3n) is 4.20. The van der Waals surface area contributed by atoms with Crippen molar-refractivity contribution in [1.82, 2.24) is 5.43 Å². The number of carbonyl (C=O) groups is 1. The van der Waals surface area contributed by atoms with Gasteiger partial charge >= 0.3 is 0 Å². The third kappa shape index (κ3) is 3.16. The molecular formula is C19H13N3O6. The molecule has 0 aliphatic carbocycles. The van der Waals surface area contributed by atoms with Gasteiger partial charge in [0.15, 0.2) is 11.5 Å². The summed E-state index contributed by atoms with van der Waals surface area (Å²) in [6.07, 6.45) is 1.14. The van der Waals surface area contributed by atoms with E-state index in [1.165, 1.54) is 18.2 Å². The highest BCUT2D eigenvalue weighted by atomic mass is 16.7. The molecule has 140 valence electrons. The maximum Gasteiger partial charge on any atom is 0.282 e. The van der Waals surface area contributed by atoms with Crippen molar-refractivity contribution in [3.05, 3.63) is 69.8 Å². The summed E-state index contributed by atoms with van der Waals surface area (Å²) in [7, 11) is 0. The van der Waals surface area contributed by atoms with Crippen LogP contribution in [0.3, 0.4) is 0 Å². The number of carbonyl (C=O) groups excluding carboxylic acids is 1. The van der Waals surface area contributed by atoms with Gasteiger partial charge in [0.25, 0.3) is 11.6 Å². The Kier molecular flexibility index (Phi) is 4.24. The molecule has 1 aliphatic rings. The Hall–Kier alpha value is -4.14. The quantitative estimate of drug-likeness (QED) is 0.408. The van der Waals surface area contributed by atoms with E-state index in [9.17, 15) is 20.0 Å². The summed E-state index contributed by atoms with van der Waals surface area (Å²) in [6.45, 7) is -0.0228. The number of aromatic hydroxyl groups is 1. The largest absolute Gasteiger partial charge is 0.507 e. The molecule has 0 radical (unpaired) electrons. The van der Waals surface area contributed by atoms with Gasteiger partial charge in [-0.1, -0.05) is 24.3 Å². The van der Waals surface area contributed by atoms with E-state index < -0.39 is 10.8 Å². The molecule has 3 aromatic rings. The number of rotatable bonds is 4. The predicted molar refractivity (Wildman–Crippen MR) is 99.9 cm³/mol. The lowest BCUT2D eigenvalue weighted by Gasteiger charge is -2.06. The minimum absolute atomic E-state index is 0.0228. The molecule has 0 saturated heterocycles. The average molecular weight is 379 g/mol. The van der Waals surface area contributed by atoms with Gasteiger partial charge in [-0.2, -0.15) is 5.10 Å². The summed E-state index contributed by atoms with van der Waals surface area (Å²) in [4.78, 5) is 23.0. The second-order valence-corrected chi connectivity index (χ2v) is 5.94. The second-order valence-electron chi connectivity index (χ2n) is 5.94. The summed E-state index contributed by atoms with van der Waals surface area (Å²) in [5, 5.41) is 26.7. The number of benzene rings is 3. The maximum absolute atomic E-state index is 12.3. The normalized spacial score (nSPS) is 12.4. The number of nitro groups is 1. The highest BCUT2D eigenvalue weighted by Crippen LogP contribution is 2.37. The molecule has 0 fully saturated rings. The van der Waals surface area contributed by atoms with Gasteiger partial charge in [-0.05, 0) is 29.0 Å². The highest BCUT2D eigenvalue weighted by molar-refractivity contribution is 6.02. The van der Waals surface area contributed by atoms with Crippen molar-refractivity contribution in [3.8, 4) is 17.2 Å². The van der Waals surface area contributed by atoms with Gasteiger partial charge in [0, 0.05) is 0 Å². The summed E-state index contributed by atoms with van der Waals surface area (Å²) in [5.74, 6) is -0.220. The van der Waals surface area contributed by atoms with Crippen LogP contribution in [0, 0.1) is 10.1 Å². The SMILES string of the molecule is O=C(N/N=C\c1cc2c(cc1[N+](=O)[O-])OCO2)c1cc2ccccc2cc1O. The molecule has 0 spiro atoms. The molecule has 0 bridgehead atoms. The van der Waals surface area contributed by atoms with Gasteiger partial charge in [-0.15, -0.1) is 0 Å². The molecule has 0 unspecified atom stereocenters. The van der Waals surface area contributed by atoms with Crippen LogP contribution in [-0.2, 0) is 0 Å². The number of fused-ring (bicyclic) bond motifs is 2. The molecule has 0 saturated carbocycles. The van der Waals surface area contributed by atoms with Gasteiger partial charge in [0.05, 0.1) is 28.3 Å². The zero-order valence-corrected chi connectivity index (χ0v) is 14.3.